The van der Waals surface area contributed by atoms with Crippen molar-refractivity contribution < 1.29 is 29.0 Å². The highest BCUT2D eigenvalue weighted by Crippen LogP contribution is 2.47. The van der Waals surface area contributed by atoms with E-state index in [0.717, 1.165) is 36.8 Å². The molecule has 2 amide bonds. The van der Waals surface area contributed by atoms with Gasteiger partial charge in [-0.1, -0.05) is 32.9 Å². The van der Waals surface area contributed by atoms with Crippen LogP contribution in [0, 0.1) is 11.3 Å². The summed E-state index contributed by atoms with van der Waals surface area (Å²) in [6, 6.07) is 12.8. The summed E-state index contributed by atoms with van der Waals surface area (Å²) in [6.45, 7) is 7.61. The predicted molar refractivity (Wildman–Crippen MR) is 150 cm³/mol. The molecule has 2 N–H and O–H groups in total. The van der Waals surface area contributed by atoms with Gasteiger partial charge in [0.2, 0.25) is 6.79 Å². The fourth-order valence-electron chi connectivity index (χ4n) is 5.95. The number of nitrogens with one attached hydrogen (secondary N) is 1. The molecule has 9 nitrogen and oxygen atoms in total. The number of hydrogen-bond donors (Lipinski definition) is 2. The Morgan fingerprint density at radius 1 is 1.07 bits per heavy atom. The molecular weight excluding hydrogens is 510 g/mol. The number of carbonyl (C=O) groups excluding carboxylic acids is 2. The van der Waals surface area contributed by atoms with Gasteiger partial charge in [0.25, 0.3) is 11.8 Å². The second-order valence-corrected chi connectivity index (χ2v) is 12.0. The predicted octanol–water partition coefficient (Wildman–Crippen LogP) is 4.43. The maximum absolute atomic E-state index is 13.9. The van der Waals surface area contributed by atoms with Gasteiger partial charge in [-0.3, -0.25) is 19.4 Å². The number of hydrogen-bond acceptors (Lipinski definition) is 6. The van der Waals surface area contributed by atoms with Crippen molar-refractivity contribution in [2.45, 2.75) is 65.0 Å². The summed E-state index contributed by atoms with van der Waals surface area (Å²) in [7, 11) is 0. The molecule has 1 spiro atoms. The number of carboxylic acids is 1. The molecule has 1 aliphatic carbocycles. The van der Waals surface area contributed by atoms with Crippen molar-refractivity contribution in [3.8, 4) is 11.5 Å². The molecular formula is C31H37N3O6. The molecule has 212 valence electrons. The quantitative estimate of drug-likeness (QED) is 0.505. The van der Waals surface area contributed by atoms with Gasteiger partial charge in [-0.25, -0.2) is 0 Å². The molecule has 1 saturated carbocycles. The Morgan fingerprint density at radius 3 is 2.45 bits per heavy atom. The number of carbonyl (C=O) groups is 3. The summed E-state index contributed by atoms with van der Waals surface area (Å²) in [6.07, 6.45) is 4.17. The van der Waals surface area contributed by atoms with E-state index in [1.54, 1.807) is 12.1 Å². The molecule has 40 heavy (non-hydrogen) atoms. The van der Waals surface area contributed by atoms with E-state index in [1.807, 2.05) is 35.2 Å². The second kappa shape index (κ2) is 10.9. The van der Waals surface area contributed by atoms with Gasteiger partial charge in [0.1, 0.15) is 11.4 Å². The zero-order chi connectivity index (χ0) is 28.5. The van der Waals surface area contributed by atoms with Crippen LogP contribution in [-0.2, 0) is 16.0 Å². The maximum Gasteiger partial charge on any atom is 0.305 e. The van der Waals surface area contributed by atoms with Crippen LogP contribution in [0.15, 0.2) is 47.5 Å². The van der Waals surface area contributed by atoms with Gasteiger partial charge in [0, 0.05) is 24.2 Å². The van der Waals surface area contributed by atoms with Gasteiger partial charge in [-0.05, 0) is 79.3 Å². The Balaban J connectivity index is 1.32. The van der Waals surface area contributed by atoms with Crippen LogP contribution in [0.2, 0.25) is 0 Å². The molecule has 2 heterocycles. The van der Waals surface area contributed by atoms with Crippen LogP contribution in [0.4, 0.5) is 0 Å². The highest BCUT2D eigenvalue weighted by molar-refractivity contribution is 6.46. The SMILES string of the molecule is CC(C)(C)C1CCC2(CC1)N=C(c1ccc3c(c1)OCO3)C(=O)N2CCc1ccc(C(=O)NCCC(=O)O)cc1. The van der Waals surface area contributed by atoms with Crippen LogP contribution in [0.3, 0.4) is 0 Å². The number of fused-ring (bicyclic) bond motifs is 1. The van der Waals surface area contributed by atoms with E-state index in [4.69, 9.17) is 19.6 Å². The van der Waals surface area contributed by atoms with Gasteiger partial charge in [0.05, 0.1) is 6.42 Å². The number of benzene rings is 2. The molecule has 0 atom stereocenters. The summed E-state index contributed by atoms with van der Waals surface area (Å²) < 4.78 is 11.0. The number of aliphatic imine (C=N–C) groups is 1. The fraction of sp³-hybridized carbons (Fsp3) is 0.484. The third-order valence-corrected chi connectivity index (χ3v) is 8.39. The van der Waals surface area contributed by atoms with Crippen molar-refractivity contribution in [2.24, 2.45) is 16.3 Å². The summed E-state index contributed by atoms with van der Waals surface area (Å²) in [4.78, 5) is 44.0. The molecule has 9 heteroatoms. The molecule has 0 aromatic heterocycles. The molecule has 2 aromatic rings. The van der Waals surface area contributed by atoms with Crippen LogP contribution in [-0.4, -0.2) is 59.0 Å². The first-order valence-corrected chi connectivity index (χ1v) is 14.0. The lowest BCUT2D eigenvalue weighted by Gasteiger charge is -2.45. The number of nitrogens with zero attached hydrogens (tertiary/aromatic N) is 2. The standard InChI is InChI=1S/C31H37N3O6/c1-30(2,3)23-10-14-31(15-11-23)33-27(22-8-9-24-25(18-22)40-19-39-24)29(38)34(31)17-13-20-4-6-21(7-5-20)28(37)32-16-12-26(35)36/h4-9,18,23H,10-17,19H2,1-3H3,(H,32,37)(H,35,36). The van der Waals surface area contributed by atoms with Crippen molar-refractivity contribution in [2.75, 3.05) is 19.9 Å². The molecule has 0 unspecified atom stereocenters. The third kappa shape index (κ3) is 5.69. The lowest BCUT2D eigenvalue weighted by molar-refractivity contribution is -0.136. The Labute approximate surface area is 234 Å². The van der Waals surface area contributed by atoms with Gasteiger partial charge in [-0.2, -0.15) is 0 Å². The maximum atomic E-state index is 13.9. The fourth-order valence-corrected chi connectivity index (χ4v) is 5.95. The number of carboxylic acid groups (broad SMARTS) is 1. The molecule has 2 aromatic carbocycles. The van der Waals surface area contributed by atoms with Crippen LogP contribution in [0.5, 0.6) is 11.5 Å². The minimum absolute atomic E-state index is 0.0671. The molecule has 2 aliphatic heterocycles. The average molecular weight is 548 g/mol. The molecule has 0 saturated heterocycles. The topological polar surface area (TPSA) is 118 Å². The van der Waals surface area contributed by atoms with E-state index in [9.17, 15) is 14.4 Å². The zero-order valence-corrected chi connectivity index (χ0v) is 23.4. The number of ether oxygens (including phenoxy) is 2. The van der Waals surface area contributed by atoms with Gasteiger partial charge in [-0.15, -0.1) is 0 Å². The van der Waals surface area contributed by atoms with Crippen molar-refractivity contribution in [3.05, 3.63) is 59.2 Å². The van der Waals surface area contributed by atoms with Crippen molar-refractivity contribution in [1.29, 1.82) is 0 Å². The first-order valence-electron chi connectivity index (χ1n) is 14.0. The lowest BCUT2D eigenvalue weighted by Crippen LogP contribution is -2.50. The van der Waals surface area contributed by atoms with Crippen LogP contribution < -0.4 is 14.8 Å². The Morgan fingerprint density at radius 2 is 1.77 bits per heavy atom. The van der Waals surface area contributed by atoms with E-state index in [2.05, 4.69) is 26.1 Å². The van der Waals surface area contributed by atoms with Crippen LogP contribution in [0.25, 0.3) is 0 Å². The number of rotatable bonds is 8. The highest BCUT2D eigenvalue weighted by atomic mass is 16.7. The first kappa shape index (κ1) is 27.7. The zero-order valence-electron chi connectivity index (χ0n) is 23.4. The Bertz CT molecular complexity index is 1320. The number of amides is 2. The summed E-state index contributed by atoms with van der Waals surface area (Å²) in [5.74, 6) is 0.549. The van der Waals surface area contributed by atoms with Crippen molar-refractivity contribution >= 4 is 23.5 Å². The summed E-state index contributed by atoms with van der Waals surface area (Å²) in [5.41, 5.74) is 2.34. The smallest absolute Gasteiger partial charge is 0.305 e. The van der Waals surface area contributed by atoms with E-state index in [0.29, 0.717) is 41.7 Å². The van der Waals surface area contributed by atoms with Gasteiger partial charge in [0.15, 0.2) is 11.5 Å². The monoisotopic (exact) mass is 547 g/mol. The van der Waals surface area contributed by atoms with Crippen LogP contribution >= 0.6 is 0 Å². The lowest BCUT2D eigenvalue weighted by atomic mass is 9.69. The van der Waals surface area contributed by atoms with Crippen LogP contribution in [0.1, 0.15) is 74.4 Å². The second-order valence-electron chi connectivity index (χ2n) is 12.0. The largest absolute Gasteiger partial charge is 0.481 e. The van der Waals surface area contributed by atoms with Gasteiger partial charge < -0.3 is 24.8 Å². The molecule has 5 rings (SSSR count). The van der Waals surface area contributed by atoms with E-state index in [-0.39, 0.29) is 37.0 Å². The average Bonchev–Trinajstić information content (AvgIpc) is 3.49. The third-order valence-electron chi connectivity index (χ3n) is 8.39. The van der Waals surface area contributed by atoms with E-state index >= 15 is 0 Å². The Hall–Kier alpha value is -3.88. The Kier molecular flexibility index (Phi) is 7.57. The van der Waals surface area contributed by atoms with Gasteiger partial charge >= 0.3 is 5.97 Å². The van der Waals surface area contributed by atoms with E-state index in [1.165, 1.54) is 0 Å². The summed E-state index contributed by atoms with van der Waals surface area (Å²) in [5, 5.41) is 11.4. The van der Waals surface area contributed by atoms with Crippen molar-refractivity contribution in [3.63, 3.8) is 0 Å². The minimum atomic E-state index is -0.956. The number of aliphatic carboxylic acids is 1. The van der Waals surface area contributed by atoms with Crippen molar-refractivity contribution in [1.82, 2.24) is 10.2 Å². The highest BCUT2D eigenvalue weighted by Gasteiger charge is 2.49. The molecule has 0 radical (unpaired) electrons. The molecule has 1 fully saturated rings. The summed E-state index contributed by atoms with van der Waals surface area (Å²) >= 11 is 0. The minimum Gasteiger partial charge on any atom is -0.481 e. The van der Waals surface area contributed by atoms with E-state index < -0.39 is 11.6 Å². The molecule has 3 aliphatic rings. The first-order chi connectivity index (χ1) is 19.1. The molecule has 0 bridgehead atoms. The normalized spacial score (nSPS) is 22.0.